The minimum atomic E-state index is -0.474. The molecule has 0 saturated carbocycles. The van der Waals surface area contributed by atoms with Gasteiger partial charge in [0, 0.05) is 5.56 Å². The second kappa shape index (κ2) is 11.3. The molecule has 2 aromatic carbocycles. The number of carbonyl (C=O) groups excluding carboxylic acids is 2. The lowest BCUT2D eigenvalue weighted by Gasteiger charge is -2.10. The van der Waals surface area contributed by atoms with Gasteiger partial charge in [0.2, 0.25) is 0 Å². The Morgan fingerprint density at radius 3 is 2.27 bits per heavy atom. The lowest BCUT2D eigenvalue weighted by Crippen LogP contribution is -2.34. The van der Waals surface area contributed by atoms with Crippen molar-refractivity contribution < 1.29 is 28.5 Å². The van der Waals surface area contributed by atoms with Crippen molar-refractivity contribution in [1.82, 2.24) is 10.7 Å². The molecule has 0 radical (unpaired) electrons. The molecule has 0 unspecified atom stereocenters. The van der Waals surface area contributed by atoms with E-state index in [9.17, 15) is 9.59 Å². The number of rotatable bonds is 10. The van der Waals surface area contributed by atoms with E-state index in [4.69, 9.17) is 18.9 Å². The minimum Gasteiger partial charge on any atom is -0.493 e. The van der Waals surface area contributed by atoms with Gasteiger partial charge in [0.25, 0.3) is 11.8 Å². The quantitative estimate of drug-likeness (QED) is 0.454. The molecule has 0 bridgehead atoms. The van der Waals surface area contributed by atoms with E-state index in [-0.39, 0.29) is 6.54 Å². The fourth-order valence-electron chi connectivity index (χ4n) is 2.50. The van der Waals surface area contributed by atoms with Crippen LogP contribution in [0.2, 0.25) is 0 Å². The fraction of sp³-hybridized carbons (Fsp3) is 0.286. The van der Waals surface area contributed by atoms with Crippen molar-refractivity contribution in [1.29, 1.82) is 0 Å². The standard InChI is InChI=1S/C21H25N3O6/c1-5-30-17-8-6-14(10-18(17)28-3)12-23-24-20(25)13-22-21(26)15-7-9-16(27-2)19(11-15)29-4/h6-12H,5,13H2,1-4H3,(H,22,26)(H,24,25)/b23-12-. The maximum atomic E-state index is 12.2. The summed E-state index contributed by atoms with van der Waals surface area (Å²) in [6.45, 7) is 2.17. The van der Waals surface area contributed by atoms with Crippen molar-refractivity contribution in [2.75, 3.05) is 34.5 Å². The Morgan fingerprint density at radius 1 is 0.933 bits per heavy atom. The van der Waals surface area contributed by atoms with Gasteiger partial charge in [-0.2, -0.15) is 5.10 Å². The number of hydrazone groups is 1. The van der Waals surface area contributed by atoms with Gasteiger partial charge in [-0.1, -0.05) is 0 Å². The van der Waals surface area contributed by atoms with E-state index >= 15 is 0 Å². The van der Waals surface area contributed by atoms with Crippen LogP contribution in [0.3, 0.4) is 0 Å². The lowest BCUT2D eigenvalue weighted by atomic mass is 10.2. The van der Waals surface area contributed by atoms with Crippen LogP contribution >= 0.6 is 0 Å². The number of carbonyl (C=O) groups is 2. The van der Waals surface area contributed by atoms with Crippen molar-refractivity contribution in [3.05, 3.63) is 47.5 Å². The number of methoxy groups -OCH3 is 3. The highest BCUT2D eigenvalue weighted by atomic mass is 16.5. The lowest BCUT2D eigenvalue weighted by molar-refractivity contribution is -0.120. The number of benzene rings is 2. The molecule has 0 aromatic heterocycles. The summed E-state index contributed by atoms with van der Waals surface area (Å²) in [6, 6.07) is 10.00. The predicted molar refractivity (Wildman–Crippen MR) is 112 cm³/mol. The number of amides is 2. The van der Waals surface area contributed by atoms with Gasteiger partial charge in [-0.3, -0.25) is 9.59 Å². The molecule has 0 heterocycles. The van der Waals surface area contributed by atoms with Crippen molar-refractivity contribution in [3.8, 4) is 23.0 Å². The first-order chi connectivity index (χ1) is 14.5. The van der Waals surface area contributed by atoms with E-state index in [1.54, 1.807) is 37.4 Å². The molecular weight excluding hydrogens is 390 g/mol. The van der Waals surface area contributed by atoms with E-state index < -0.39 is 11.8 Å². The summed E-state index contributed by atoms with van der Waals surface area (Å²) in [5, 5.41) is 6.40. The molecular formula is C21H25N3O6. The van der Waals surface area contributed by atoms with Crippen LogP contribution in [-0.4, -0.2) is 52.5 Å². The third-order valence-electron chi connectivity index (χ3n) is 3.95. The molecule has 2 N–H and O–H groups in total. The summed E-state index contributed by atoms with van der Waals surface area (Å²) in [5.41, 5.74) is 3.41. The zero-order chi connectivity index (χ0) is 21.9. The summed E-state index contributed by atoms with van der Waals surface area (Å²) in [4.78, 5) is 24.1. The van der Waals surface area contributed by atoms with Crippen LogP contribution in [0.1, 0.15) is 22.8 Å². The molecule has 0 aliphatic rings. The molecule has 0 atom stereocenters. The fourth-order valence-corrected chi connectivity index (χ4v) is 2.50. The van der Waals surface area contributed by atoms with Crippen molar-refractivity contribution in [3.63, 3.8) is 0 Å². The van der Waals surface area contributed by atoms with Gasteiger partial charge in [-0.05, 0) is 48.9 Å². The van der Waals surface area contributed by atoms with Crippen LogP contribution in [0.4, 0.5) is 0 Å². The van der Waals surface area contributed by atoms with Crippen LogP contribution in [0.25, 0.3) is 0 Å². The Bertz CT molecular complexity index is 914. The van der Waals surface area contributed by atoms with Crippen molar-refractivity contribution >= 4 is 18.0 Å². The van der Waals surface area contributed by atoms with Gasteiger partial charge in [-0.25, -0.2) is 5.43 Å². The molecule has 2 rings (SSSR count). The van der Waals surface area contributed by atoms with E-state index in [0.717, 1.165) is 0 Å². The summed E-state index contributed by atoms with van der Waals surface area (Å²) >= 11 is 0. The molecule has 0 saturated heterocycles. The summed E-state index contributed by atoms with van der Waals surface area (Å²) in [6.07, 6.45) is 1.46. The Hall–Kier alpha value is -3.75. The highest BCUT2D eigenvalue weighted by molar-refractivity contribution is 5.97. The molecule has 0 spiro atoms. The average Bonchev–Trinajstić information content (AvgIpc) is 2.77. The van der Waals surface area contributed by atoms with E-state index in [1.807, 2.05) is 6.92 Å². The summed E-state index contributed by atoms with van der Waals surface area (Å²) in [7, 11) is 4.53. The first-order valence-electron chi connectivity index (χ1n) is 9.15. The maximum absolute atomic E-state index is 12.2. The van der Waals surface area contributed by atoms with Crippen LogP contribution in [0.5, 0.6) is 23.0 Å². The molecule has 0 aliphatic heterocycles. The molecule has 9 nitrogen and oxygen atoms in total. The second-order valence-corrected chi connectivity index (χ2v) is 5.89. The number of hydrogen-bond acceptors (Lipinski definition) is 7. The Kier molecular flexibility index (Phi) is 8.49. The molecule has 2 amide bonds. The van der Waals surface area contributed by atoms with E-state index in [1.165, 1.54) is 26.5 Å². The van der Waals surface area contributed by atoms with Gasteiger partial charge >= 0.3 is 0 Å². The number of nitrogens with one attached hydrogen (secondary N) is 2. The monoisotopic (exact) mass is 415 g/mol. The zero-order valence-corrected chi connectivity index (χ0v) is 17.4. The Labute approximate surface area is 175 Å². The van der Waals surface area contributed by atoms with E-state index in [2.05, 4.69) is 15.8 Å². The highest BCUT2D eigenvalue weighted by Gasteiger charge is 2.11. The molecule has 9 heteroatoms. The predicted octanol–water partition coefficient (Wildman–Crippen LogP) is 1.99. The molecule has 0 fully saturated rings. The highest BCUT2D eigenvalue weighted by Crippen LogP contribution is 2.28. The number of nitrogens with zero attached hydrogens (tertiary/aromatic N) is 1. The number of hydrogen-bond donors (Lipinski definition) is 2. The third kappa shape index (κ3) is 6.13. The van der Waals surface area contributed by atoms with Crippen LogP contribution in [0, 0.1) is 0 Å². The maximum Gasteiger partial charge on any atom is 0.259 e. The van der Waals surface area contributed by atoms with Crippen LogP contribution in [0.15, 0.2) is 41.5 Å². The van der Waals surface area contributed by atoms with Gasteiger partial charge in [0.05, 0.1) is 40.7 Å². The topological polar surface area (TPSA) is 107 Å². The van der Waals surface area contributed by atoms with Crippen LogP contribution in [-0.2, 0) is 4.79 Å². The molecule has 0 aliphatic carbocycles. The van der Waals surface area contributed by atoms with Gasteiger partial charge in [-0.15, -0.1) is 0 Å². The molecule has 30 heavy (non-hydrogen) atoms. The first-order valence-corrected chi connectivity index (χ1v) is 9.15. The summed E-state index contributed by atoms with van der Waals surface area (Å²) in [5.74, 6) is 1.22. The normalized spacial score (nSPS) is 10.4. The second-order valence-electron chi connectivity index (χ2n) is 5.89. The Balaban J connectivity index is 1.88. The molecule has 160 valence electrons. The number of ether oxygens (including phenoxy) is 4. The van der Waals surface area contributed by atoms with Gasteiger partial charge < -0.3 is 24.3 Å². The minimum absolute atomic E-state index is 0.239. The smallest absolute Gasteiger partial charge is 0.259 e. The third-order valence-corrected chi connectivity index (χ3v) is 3.95. The summed E-state index contributed by atoms with van der Waals surface area (Å²) < 4.78 is 21.0. The first kappa shape index (κ1) is 22.5. The van der Waals surface area contributed by atoms with Crippen LogP contribution < -0.4 is 29.7 Å². The van der Waals surface area contributed by atoms with Gasteiger partial charge in [0.15, 0.2) is 23.0 Å². The van der Waals surface area contributed by atoms with E-state index in [0.29, 0.717) is 40.7 Å². The SMILES string of the molecule is CCOc1ccc(/C=N\NC(=O)CNC(=O)c2ccc(OC)c(OC)c2)cc1OC. The average molecular weight is 415 g/mol. The van der Waals surface area contributed by atoms with Gasteiger partial charge in [0.1, 0.15) is 0 Å². The largest absolute Gasteiger partial charge is 0.493 e. The van der Waals surface area contributed by atoms with Crippen molar-refractivity contribution in [2.45, 2.75) is 6.92 Å². The van der Waals surface area contributed by atoms with Crippen molar-refractivity contribution in [2.24, 2.45) is 5.10 Å². The zero-order valence-electron chi connectivity index (χ0n) is 17.4. The Morgan fingerprint density at radius 2 is 1.60 bits per heavy atom. The molecule has 2 aromatic rings.